The van der Waals surface area contributed by atoms with Gasteiger partial charge in [-0.3, -0.25) is 4.90 Å². The molecule has 1 aliphatic rings. The third kappa shape index (κ3) is 1.92. The number of hydrogen-bond acceptors (Lipinski definition) is 2. The van der Waals surface area contributed by atoms with E-state index in [9.17, 15) is 5.11 Å². The average Bonchev–Trinajstić information content (AvgIpc) is 2.64. The van der Waals surface area contributed by atoms with Crippen LogP contribution in [-0.4, -0.2) is 33.8 Å². The highest BCUT2D eigenvalue weighted by molar-refractivity contribution is 5.06. The molecule has 0 amide bonds. The molecule has 3 nitrogen and oxygen atoms in total. The monoisotopic (exact) mass is 180 g/mol. The van der Waals surface area contributed by atoms with Crippen molar-refractivity contribution in [3.05, 3.63) is 24.0 Å². The molecule has 72 valence electrons. The number of aryl methyl sites for hydroxylation is 1. The standard InChI is InChI=1S/C10H16N2O/c1-11-5-2-3-9(11)7-12-6-4-10(13)8-12/h2-3,5,10,13H,4,6-8H2,1H3/t10-/m1/s1. The maximum absolute atomic E-state index is 9.35. The first-order valence-corrected chi connectivity index (χ1v) is 4.76. The maximum Gasteiger partial charge on any atom is 0.0679 e. The summed E-state index contributed by atoms with van der Waals surface area (Å²) in [6.07, 6.45) is 2.87. The van der Waals surface area contributed by atoms with Gasteiger partial charge < -0.3 is 9.67 Å². The quantitative estimate of drug-likeness (QED) is 0.721. The van der Waals surface area contributed by atoms with Crippen LogP contribution in [0.1, 0.15) is 12.1 Å². The van der Waals surface area contributed by atoms with Crippen LogP contribution in [0.25, 0.3) is 0 Å². The predicted molar refractivity (Wildman–Crippen MR) is 51.3 cm³/mol. The van der Waals surface area contributed by atoms with E-state index in [1.807, 2.05) is 0 Å². The summed E-state index contributed by atoms with van der Waals surface area (Å²) < 4.78 is 2.13. The van der Waals surface area contributed by atoms with Crippen LogP contribution in [0.3, 0.4) is 0 Å². The summed E-state index contributed by atoms with van der Waals surface area (Å²) in [5.41, 5.74) is 1.31. The highest BCUT2D eigenvalue weighted by atomic mass is 16.3. The van der Waals surface area contributed by atoms with Gasteiger partial charge in [0.2, 0.25) is 0 Å². The number of likely N-dealkylation sites (tertiary alicyclic amines) is 1. The molecule has 0 aliphatic carbocycles. The van der Waals surface area contributed by atoms with E-state index in [1.54, 1.807) is 0 Å². The van der Waals surface area contributed by atoms with E-state index in [4.69, 9.17) is 0 Å². The van der Waals surface area contributed by atoms with Crippen LogP contribution in [0.2, 0.25) is 0 Å². The molecule has 3 heteroatoms. The van der Waals surface area contributed by atoms with Crippen molar-refractivity contribution in [1.29, 1.82) is 0 Å². The van der Waals surface area contributed by atoms with Crippen LogP contribution in [0.4, 0.5) is 0 Å². The van der Waals surface area contributed by atoms with Gasteiger partial charge in [-0.1, -0.05) is 0 Å². The lowest BCUT2D eigenvalue weighted by Gasteiger charge is -2.15. The second-order valence-corrected chi connectivity index (χ2v) is 3.79. The lowest BCUT2D eigenvalue weighted by Crippen LogP contribution is -2.22. The largest absolute Gasteiger partial charge is 0.392 e. The van der Waals surface area contributed by atoms with Crippen molar-refractivity contribution >= 4 is 0 Å². The Hall–Kier alpha value is -0.800. The number of nitrogens with zero attached hydrogens (tertiary/aromatic N) is 2. The number of aliphatic hydroxyl groups excluding tert-OH is 1. The van der Waals surface area contributed by atoms with Gasteiger partial charge in [-0.2, -0.15) is 0 Å². The third-order valence-electron chi connectivity index (χ3n) is 2.68. The summed E-state index contributed by atoms with van der Waals surface area (Å²) in [6, 6.07) is 4.19. The SMILES string of the molecule is Cn1cccc1CN1CC[C@@H](O)C1. The Bertz CT molecular complexity index is 282. The van der Waals surface area contributed by atoms with Crippen molar-refractivity contribution in [2.24, 2.45) is 7.05 Å². The van der Waals surface area contributed by atoms with Crippen LogP contribution >= 0.6 is 0 Å². The van der Waals surface area contributed by atoms with E-state index in [-0.39, 0.29) is 6.10 Å². The Morgan fingerprint density at radius 2 is 2.46 bits per heavy atom. The van der Waals surface area contributed by atoms with Crippen LogP contribution < -0.4 is 0 Å². The second-order valence-electron chi connectivity index (χ2n) is 3.79. The minimum atomic E-state index is -0.111. The lowest BCUT2D eigenvalue weighted by molar-refractivity contribution is 0.174. The molecule has 0 bridgehead atoms. The molecule has 13 heavy (non-hydrogen) atoms. The van der Waals surface area contributed by atoms with Gasteiger partial charge in [0, 0.05) is 38.6 Å². The van der Waals surface area contributed by atoms with E-state index in [2.05, 4.69) is 34.8 Å². The molecule has 0 spiro atoms. The molecule has 1 aliphatic heterocycles. The van der Waals surface area contributed by atoms with E-state index < -0.39 is 0 Å². The van der Waals surface area contributed by atoms with E-state index >= 15 is 0 Å². The molecule has 0 unspecified atom stereocenters. The Kier molecular flexibility index (Phi) is 2.38. The topological polar surface area (TPSA) is 28.4 Å². The summed E-state index contributed by atoms with van der Waals surface area (Å²) in [7, 11) is 2.06. The number of rotatable bonds is 2. The molecule has 1 atom stereocenters. The summed E-state index contributed by atoms with van der Waals surface area (Å²) in [6.45, 7) is 2.80. The minimum Gasteiger partial charge on any atom is -0.392 e. The second kappa shape index (κ2) is 3.52. The van der Waals surface area contributed by atoms with Gasteiger partial charge in [0.15, 0.2) is 0 Å². The molecule has 1 saturated heterocycles. The number of aromatic nitrogens is 1. The fourth-order valence-corrected chi connectivity index (χ4v) is 1.85. The Balaban J connectivity index is 1.95. The summed E-state index contributed by atoms with van der Waals surface area (Å²) in [5.74, 6) is 0. The molecular weight excluding hydrogens is 164 g/mol. The fraction of sp³-hybridized carbons (Fsp3) is 0.600. The molecule has 0 radical (unpaired) electrons. The molecule has 2 rings (SSSR count). The molecule has 1 N–H and O–H groups in total. The zero-order chi connectivity index (χ0) is 9.26. The number of β-amino-alcohol motifs (C(OH)–C–C–N with tert-alkyl or cyclic N) is 1. The normalized spacial score (nSPS) is 24.0. The van der Waals surface area contributed by atoms with Crippen molar-refractivity contribution in [2.75, 3.05) is 13.1 Å². The van der Waals surface area contributed by atoms with Crippen molar-refractivity contribution in [1.82, 2.24) is 9.47 Å². The van der Waals surface area contributed by atoms with Crippen molar-refractivity contribution in [3.63, 3.8) is 0 Å². The smallest absolute Gasteiger partial charge is 0.0679 e. The summed E-state index contributed by atoms with van der Waals surface area (Å²) in [5, 5.41) is 9.35. The van der Waals surface area contributed by atoms with Crippen LogP contribution in [0.15, 0.2) is 18.3 Å². The zero-order valence-electron chi connectivity index (χ0n) is 7.98. The van der Waals surface area contributed by atoms with Gasteiger partial charge >= 0.3 is 0 Å². The van der Waals surface area contributed by atoms with Gasteiger partial charge in [0.1, 0.15) is 0 Å². The van der Waals surface area contributed by atoms with E-state index in [0.717, 1.165) is 26.1 Å². The number of hydrogen-bond donors (Lipinski definition) is 1. The highest BCUT2D eigenvalue weighted by Gasteiger charge is 2.20. The van der Waals surface area contributed by atoms with Crippen LogP contribution in [0, 0.1) is 0 Å². The molecular formula is C10H16N2O. The first kappa shape index (κ1) is 8.78. The van der Waals surface area contributed by atoms with Gasteiger partial charge in [-0.25, -0.2) is 0 Å². The Morgan fingerprint density at radius 3 is 3.00 bits per heavy atom. The van der Waals surface area contributed by atoms with Gasteiger partial charge in [-0.05, 0) is 18.6 Å². The van der Waals surface area contributed by atoms with E-state index in [0.29, 0.717) is 0 Å². The molecule has 0 aromatic carbocycles. The molecule has 0 saturated carbocycles. The first-order chi connectivity index (χ1) is 6.25. The first-order valence-electron chi connectivity index (χ1n) is 4.76. The molecule has 1 aromatic heterocycles. The average molecular weight is 180 g/mol. The Morgan fingerprint density at radius 1 is 1.62 bits per heavy atom. The lowest BCUT2D eigenvalue weighted by atomic mass is 10.3. The number of aliphatic hydroxyl groups is 1. The van der Waals surface area contributed by atoms with Crippen molar-refractivity contribution < 1.29 is 5.11 Å². The molecule has 1 fully saturated rings. The molecule has 2 heterocycles. The van der Waals surface area contributed by atoms with Crippen LogP contribution in [-0.2, 0) is 13.6 Å². The van der Waals surface area contributed by atoms with Gasteiger partial charge in [0.25, 0.3) is 0 Å². The van der Waals surface area contributed by atoms with Crippen molar-refractivity contribution in [3.8, 4) is 0 Å². The third-order valence-corrected chi connectivity index (χ3v) is 2.68. The zero-order valence-corrected chi connectivity index (χ0v) is 7.98. The van der Waals surface area contributed by atoms with Crippen molar-refractivity contribution in [2.45, 2.75) is 19.1 Å². The van der Waals surface area contributed by atoms with Gasteiger partial charge in [-0.15, -0.1) is 0 Å². The highest BCUT2D eigenvalue weighted by Crippen LogP contribution is 2.12. The van der Waals surface area contributed by atoms with E-state index in [1.165, 1.54) is 5.69 Å². The maximum atomic E-state index is 9.35. The molecule has 1 aromatic rings. The van der Waals surface area contributed by atoms with Crippen LogP contribution in [0.5, 0.6) is 0 Å². The Labute approximate surface area is 78.6 Å². The van der Waals surface area contributed by atoms with Gasteiger partial charge in [0.05, 0.1) is 6.10 Å². The predicted octanol–water partition coefficient (Wildman–Crippen LogP) is 0.592. The minimum absolute atomic E-state index is 0.111. The fourth-order valence-electron chi connectivity index (χ4n) is 1.85. The summed E-state index contributed by atoms with van der Waals surface area (Å²) in [4.78, 5) is 2.29. The summed E-state index contributed by atoms with van der Waals surface area (Å²) >= 11 is 0.